The van der Waals surface area contributed by atoms with Crippen molar-refractivity contribution in [2.75, 3.05) is 19.0 Å². The number of carbonyl (C=O) groups is 1. The number of anilines is 1. The molecule has 1 heterocycles. The lowest BCUT2D eigenvalue weighted by molar-refractivity contribution is 0.0955. The summed E-state index contributed by atoms with van der Waals surface area (Å²) in [5.41, 5.74) is 9.73. The van der Waals surface area contributed by atoms with E-state index in [0.717, 1.165) is 33.9 Å². The molecule has 4 aromatic rings. The smallest absolute Gasteiger partial charge is 0.271 e. The fraction of sp³-hybridized carbons (Fsp3) is 0.103. The monoisotopic (exact) mass is 448 g/mol. The number of hydrogen-bond donors (Lipinski definition) is 1. The Morgan fingerprint density at radius 1 is 0.882 bits per heavy atom. The summed E-state index contributed by atoms with van der Waals surface area (Å²) >= 11 is 0. The second kappa shape index (κ2) is 10.5. The Morgan fingerprint density at radius 3 is 2.26 bits per heavy atom. The summed E-state index contributed by atoms with van der Waals surface area (Å²) in [6, 6.07) is 30.2. The van der Waals surface area contributed by atoms with Gasteiger partial charge in [-0.25, -0.2) is 5.43 Å². The van der Waals surface area contributed by atoms with Gasteiger partial charge < -0.3 is 9.47 Å². The zero-order valence-corrected chi connectivity index (χ0v) is 19.6. The molecular weight excluding hydrogens is 420 g/mol. The van der Waals surface area contributed by atoms with Crippen LogP contribution in [0.2, 0.25) is 0 Å². The minimum absolute atomic E-state index is 0.251. The van der Waals surface area contributed by atoms with E-state index in [1.54, 1.807) is 12.3 Å². The van der Waals surface area contributed by atoms with Crippen LogP contribution in [0, 0.1) is 6.92 Å². The van der Waals surface area contributed by atoms with Gasteiger partial charge in [-0.15, -0.1) is 0 Å². The van der Waals surface area contributed by atoms with Gasteiger partial charge in [-0.2, -0.15) is 5.10 Å². The molecule has 0 unspecified atom stereocenters. The van der Waals surface area contributed by atoms with Crippen LogP contribution in [-0.4, -0.2) is 30.8 Å². The minimum Gasteiger partial charge on any atom is -0.378 e. The largest absolute Gasteiger partial charge is 0.378 e. The van der Waals surface area contributed by atoms with Crippen LogP contribution in [0.15, 0.2) is 102 Å². The van der Waals surface area contributed by atoms with Crippen molar-refractivity contribution >= 4 is 23.9 Å². The van der Waals surface area contributed by atoms with Gasteiger partial charge in [0.2, 0.25) is 0 Å². The number of aromatic nitrogens is 1. The Morgan fingerprint density at radius 2 is 1.59 bits per heavy atom. The number of amides is 1. The predicted octanol–water partition coefficient (Wildman–Crippen LogP) is 5.95. The maximum atomic E-state index is 12.5. The van der Waals surface area contributed by atoms with Crippen LogP contribution >= 0.6 is 0 Å². The van der Waals surface area contributed by atoms with E-state index in [9.17, 15) is 4.79 Å². The molecular formula is C29H28N4O. The number of benzene rings is 3. The first-order valence-corrected chi connectivity index (χ1v) is 11.1. The summed E-state index contributed by atoms with van der Waals surface area (Å²) in [6.45, 7) is 2.08. The quantitative estimate of drug-likeness (QED) is 0.281. The van der Waals surface area contributed by atoms with Crippen LogP contribution in [0.1, 0.15) is 21.6 Å². The standard InChI is InChI=1S/C29H28N4O/c1-22-11-20-28(24-9-5-4-6-10-24)33(22)27-18-14-25(15-19-27)29(34)31-30-21-7-8-23-12-16-26(17-13-23)32(2)3/h4-21H,1-3H3,(H,31,34)/b8-7+,30-21+. The van der Waals surface area contributed by atoms with Crippen molar-refractivity contribution < 1.29 is 4.79 Å². The van der Waals surface area contributed by atoms with E-state index >= 15 is 0 Å². The average Bonchev–Trinajstić information content (AvgIpc) is 3.26. The Hall–Kier alpha value is -4.38. The fourth-order valence-electron chi connectivity index (χ4n) is 3.72. The molecule has 0 bridgehead atoms. The number of hydrogen-bond acceptors (Lipinski definition) is 3. The highest BCUT2D eigenvalue weighted by Crippen LogP contribution is 2.26. The Bertz CT molecular complexity index is 1300. The molecule has 0 saturated carbocycles. The van der Waals surface area contributed by atoms with Gasteiger partial charge >= 0.3 is 0 Å². The van der Waals surface area contributed by atoms with Crippen molar-refractivity contribution in [1.29, 1.82) is 0 Å². The van der Waals surface area contributed by atoms with Gasteiger partial charge in [0.25, 0.3) is 5.91 Å². The average molecular weight is 449 g/mol. The highest BCUT2D eigenvalue weighted by Gasteiger charge is 2.10. The highest BCUT2D eigenvalue weighted by atomic mass is 16.2. The lowest BCUT2D eigenvalue weighted by Crippen LogP contribution is -2.17. The van der Waals surface area contributed by atoms with Gasteiger partial charge in [-0.05, 0) is 72.7 Å². The predicted molar refractivity (Wildman–Crippen MR) is 142 cm³/mol. The second-order valence-corrected chi connectivity index (χ2v) is 8.17. The van der Waals surface area contributed by atoms with Crippen LogP contribution in [0.5, 0.6) is 0 Å². The minimum atomic E-state index is -0.251. The van der Waals surface area contributed by atoms with Crippen LogP contribution in [0.3, 0.4) is 0 Å². The number of allylic oxidation sites excluding steroid dienone is 1. The normalized spacial score (nSPS) is 11.3. The molecule has 34 heavy (non-hydrogen) atoms. The third kappa shape index (κ3) is 5.33. The van der Waals surface area contributed by atoms with Crippen molar-refractivity contribution in [2.24, 2.45) is 5.10 Å². The van der Waals surface area contributed by atoms with Gasteiger partial charge in [0.1, 0.15) is 0 Å². The molecule has 170 valence electrons. The van der Waals surface area contributed by atoms with E-state index in [1.807, 2.05) is 74.8 Å². The Balaban J connectivity index is 1.39. The van der Waals surface area contributed by atoms with E-state index in [0.29, 0.717) is 5.56 Å². The summed E-state index contributed by atoms with van der Waals surface area (Å²) in [5, 5.41) is 4.02. The van der Waals surface area contributed by atoms with Crippen LogP contribution in [0.4, 0.5) is 5.69 Å². The number of aryl methyl sites for hydroxylation is 1. The molecule has 0 fully saturated rings. The zero-order chi connectivity index (χ0) is 23.9. The molecule has 1 amide bonds. The van der Waals surface area contributed by atoms with Crippen molar-refractivity contribution in [3.8, 4) is 16.9 Å². The van der Waals surface area contributed by atoms with Crippen molar-refractivity contribution in [1.82, 2.24) is 9.99 Å². The molecule has 0 spiro atoms. The number of nitrogens with one attached hydrogen (secondary N) is 1. The van der Waals surface area contributed by atoms with E-state index in [1.165, 1.54) is 0 Å². The summed E-state index contributed by atoms with van der Waals surface area (Å²) in [5.74, 6) is -0.251. The Labute approximate surface area is 200 Å². The molecule has 1 N–H and O–H groups in total. The molecule has 0 radical (unpaired) electrons. The molecule has 0 aliphatic carbocycles. The SMILES string of the molecule is Cc1ccc(-c2ccccc2)n1-c1ccc(C(=O)N/N=C/C=C/c2ccc(N(C)C)cc2)cc1. The highest BCUT2D eigenvalue weighted by molar-refractivity contribution is 5.95. The third-order valence-electron chi connectivity index (χ3n) is 5.56. The summed E-state index contributed by atoms with van der Waals surface area (Å²) < 4.78 is 2.19. The lowest BCUT2D eigenvalue weighted by atomic mass is 10.1. The molecule has 3 aromatic carbocycles. The lowest BCUT2D eigenvalue weighted by Gasteiger charge is -2.12. The molecule has 4 rings (SSSR count). The molecule has 5 nitrogen and oxygen atoms in total. The van der Waals surface area contributed by atoms with Crippen molar-refractivity contribution in [2.45, 2.75) is 6.92 Å². The fourth-order valence-corrected chi connectivity index (χ4v) is 3.72. The number of hydrazone groups is 1. The summed E-state index contributed by atoms with van der Waals surface area (Å²) in [6.07, 6.45) is 5.31. The molecule has 0 aliphatic heterocycles. The van der Waals surface area contributed by atoms with Crippen molar-refractivity contribution in [3.63, 3.8) is 0 Å². The van der Waals surface area contributed by atoms with E-state index < -0.39 is 0 Å². The number of carbonyl (C=O) groups excluding carboxylic acids is 1. The third-order valence-corrected chi connectivity index (χ3v) is 5.56. The second-order valence-electron chi connectivity index (χ2n) is 8.17. The van der Waals surface area contributed by atoms with Gasteiger partial charge in [-0.1, -0.05) is 48.5 Å². The topological polar surface area (TPSA) is 49.6 Å². The van der Waals surface area contributed by atoms with Crippen LogP contribution in [0.25, 0.3) is 23.0 Å². The molecule has 5 heteroatoms. The van der Waals surface area contributed by atoms with Gasteiger partial charge in [-0.3, -0.25) is 4.79 Å². The molecule has 0 atom stereocenters. The van der Waals surface area contributed by atoms with E-state index in [4.69, 9.17) is 0 Å². The van der Waals surface area contributed by atoms with E-state index in [-0.39, 0.29) is 5.91 Å². The molecule has 0 saturated heterocycles. The molecule has 0 aliphatic rings. The summed E-state index contributed by atoms with van der Waals surface area (Å²) in [7, 11) is 4.02. The first-order valence-electron chi connectivity index (χ1n) is 11.1. The maximum Gasteiger partial charge on any atom is 0.271 e. The van der Waals surface area contributed by atoms with Gasteiger partial charge in [0.05, 0.1) is 5.69 Å². The zero-order valence-electron chi connectivity index (χ0n) is 19.6. The van der Waals surface area contributed by atoms with Crippen molar-refractivity contribution in [3.05, 3.63) is 114 Å². The first kappa shape index (κ1) is 22.8. The van der Waals surface area contributed by atoms with Gasteiger partial charge in [0, 0.05) is 42.9 Å². The van der Waals surface area contributed by atoms with Crippen LogP contribution < -0.4 is 10.3 Å². The maximum absolute atomic E-state index is 12.5. The summed E-state index contributed by atoms with van der Waals surface area (Å²) in [4.78, 5) is 14.5. The first-order chi connectivity index (χ1) is 16.5. The number of nitrogens with zero attached hydrogens (tertiary/aromatic N) is 3. The van der Waals surface area contributed by atoms with Gasteiger partial charge in [0.15, 0.2) is 0 Å². The Kier molecular flexibility index (Phi) is 7.04. The number of rotatable bonds is 7. The molecule has 1 aromatic heterocycles. The van der Waals surface area contributed by atoms with E-state index in [2.05, 4.69) is 63.3 Å². The van der Waals surface area contributed by atoms with Crippen LogP contribution in [-0.2, 0) is 0 Å².